The van der Waals surface area contributed by atoms with Gasteiger partial charge in [-0.25, -0.2) is 9.79 Å². The number of allylic oxidation sites excluding steroid dienone is 1. The lowest BCUT2D eigenvalue weighted by Gasteiger charge is -2.38. The first kappa shape index (κ1) is 22.8. The van der Waals surface area contributed by atoms with Crippen molar-refractivity contribution in [2.75, 3.05) is 23.5 Å². The molecule has 1 atom stereocenters. The van der Waals surface area contributed by atoms with Crippen LogP contribution in [0, 0.1) is 10.1 Å². The summed E-state index contributed by atoms with van der Waals surface area (Å²) in [5, 5.41) is 11.6. The number of anilines is 2. The number of Topliss-reactive ketones (excluding diaryl/α,β-unsaturated/α-hetero) is 1. The molecule has 35 heavy (non-hydrogen) atoms. The molecule has 0 N–H and O–H groups in total. The van der Waals surface area contributed by atoms with Crippen molar-refractivity contribution in [3.8, 4) is 0 Å². The molecule has 0 bridgehead atoms. The first-order valence-electron chi connectivity index (χ1n) is 11.8. The molecule has 0 saturated heterocycles. The Kier molecular flexibility index (Phi) is 5.84. The number of benzene rings is 2. The third-order valence-corrected chi connectivity index (χ3v) is 6.73. The van der Waals surface area contributed by atoms with Crippen LogP contribution in [0.15, 0.2) is 58.7 Å². The van der Waals surface area contributed by atoms with Gasteiger partial charge in [-0.2, -0.15) is 0 Å². The number of esters is 1. The van der Waals surface area contributed by atoms with E-state index >= 15 is 0 Å². The fraction of sp³-hybridized carbons (Fsp3) is 0.346. The largest absolute Gasteiger partial charge is 0.465 e. The minimum absolute atomic E-state index is 0.00300. The number of nitro groups is 1. The highest BCUT2D eigenvalue weighted by molar-refractivity contribution is 6.20. The zero-order valence-electron chi connectivity index (χ0n) is 19.7. The number of guanidine groups is 1. The standard InChI is InChI=1S/C26H26N4O5/c1-3-4-13-28-20-12-11-17(25(32)35-2)15-21(20)29-24(16-7-5-8-18(14-16)30(33)34)23-19(27-26(28)29)9-6-10-22(23)31/h5,7-8,11-12,14-15,24H,3-4,6,9-10,13H2,1-2H3. The van der Waals surface area contributed by atoms with E-state index in [9.17, 15) is 19.7 Å². The van der Waals surface area contributed by atoms with E-state index in [-0.39, 0.29) is 11.5 Å². The summed E-state index contributed by atoms with van der Waals surface area (Å²) in [5.74, 6) is 0.222. The molecule has 2 aromatic rings. The molecule has 0 spiro atoms. The number of hydrogen-bond donors (Lipinski definition) is 0. The highest BCUT2D eigenvalue weighted by Crippen LogP contribution is 2.50. The van der Waals surface area contributed by atoms with E-state index in [4.69, 9.17) is 9.73 Å². The highest BCUT2D eigenvalue weighted by Gasteiger charge is 2.45. The van der Waals surface area contributed by atoms with Crippen LogP contribution in [-0.2, 0) is 9.53 Å². The predicted octanol–water partition coefficient (Wildman–Crippen LogP) is 4.93. The number of ketones is 1. The van der Waals surface area contributed by atoms with Crippen LogP contribution in [0.1, 0.15) is 61.0 Å². The molecule has 1 unspecified atom stereocenters. The lowest BCUT2D eigenvalue weighted by Crippen LogP contribution is -2.45. The summed E-state index contributed by atoms with van der Waals surface area (Å²) in [7, 11) is 1.33. The molecule has 5 rings (SSSR count). The second-order valence-corrected chi connectivity index (χ2v) is 8.87. The summed E-state index contributed by atoms with van der Waals surface area (Å²) >= 11 is 0. The first-order chi connectivity index (χ1) is 16.9. The molecule has 0 radical (unpaired) electrons. The summed E-state index contributed by atoms with van der Waals surface area (Å²) < 4.78 is 4.94. The molecule has 180 valence electrons. The highest BCUT2D eigenvalue weighted by atomic mass is 16.6. The molecule has 1 aliphatic carbocycles. The van der Waals surface area contributed by atoms with Gasteiger partial charge in [-0.1, -0.05) is 25.5 Å². The smallest absolute Gasteiger partial charge is 0.337 e. The van der Waals surface area contributed by atoms with E-state index in [1.54, 1.807) is 18.2 Å². The first-order valence-corrected chi connectivity index (χ1v) is 11.8. The number of carbonyl (C=O) groups excluding carboxylic acids is 2. The van der Waals surface area contributed by atoms with Crippen LogP contribution in [0.2, 0.25) is 0 Å². The van der Waals surface area contributed by atoms with Crippen molar-refractivity contribution in [2.24, 2.45) is 4.99 Å². The SMILES string of the molecule is CCCCN1C2=NC3=C(C(=O)CCC3)C(c3cccc([N+](=O)[O-])c3)N2c2cc(C(=O)OC)ccc21. The van der Waals surface area contributed by atoms with E-state index in [1.807, 2.05) is 17.0 Å². The van der Waals surface area contributed by atoms with E-state index in [1.165, 1.54) is 19.2 Å². The van der Waals surface area contributed by atoms with E-state index < -0.39 is 16.9 Å². The minimum atomic E-state index is -0.580. The Morgan fingerprint density at radius 1 is 1.20 bits per heavy atom. The molecule has 3 aliphatic rings. The molecule has 2 aliphatic heterocycles. The Balaban J connectivity index is 1.74. The minimum Gasteiger partial charge on any atom is -0.465 e. The van der Waals surface area contributed by atoms with Gasteiger partial charge in [0, 0.05) is 30.7 Å². The molecule has 9 nitrogen and oxygen atoms in total. The topological polar surface area (TPSA) is 105 Å². The monoisotopic (exact) mass is 474 g/mol. The fourth-order valence-electron chi connectivity index (χ4n) is 5.09. The van der Waals surface area contributed by atoms with Crippen LogP contribution in [0.3, 0.4) is 0 Å². The molecular weight excluding hydrogens is 448 g/mol. The molecule has 9 heteroatoms. The quantitative estimate of drug-likeness (QED) is 0.332. The van der Waals surface area contributed by atoms with Gasteiger partial charge in [-0.15, -0.1) is 0 Å². The summed E-state index contributed by atoms with van der Waals surface area (Å²) in [4.78, 5) is 45.8. The zero-order chi connectivity index (χ0) is 24.7. The molecule has 2 heterocycles. The normalized spacial score (nSPS) is 18.6. The summed E-state index contributed by atoms with van der Waals surface area (Å²) in [6.45, 7) is 2.83. The Labute approximate surface area is 202 Å². The lowest BCUT2D eigenvalue weighted by atomic mass is 9.84. The van der Waals surface area contributed by atoms with E-state index in [2.05, 4.69) is 11.8 Å². The molecule has 2 aromatic carbocycles. The fourth-order valence-corrected chi connectivity index (χ4v) is 5.09. The van der Waals surface area contributed by atoms with Crippen LogP contribution < -0.4 is 9.80 Å². The van der Waals surface area contributed by atoms with Gasteiger partial charge in [-0.3, -0.25) is 19.8 Å². The number of nitrogens with zero attached hydrogens (tertiary/aromatic N) is 4. The molecule has 0 amide bonds. The van der Waals surface area contributed by atoms with Gasteiger partial charge in [0.1, 0.15) is 0 Å². The number of non-ortho nitro benzene ring substituents is 1. The molecule has 0 aromatic heterocycles. The van der Waals surface area contributed by atoms with Crippen LogP contribution in [0.25, 0.3) is 0 Å². The van der Waals surface area contributed by atoms with Gasteiger partial charge in [0.2, 0.25) is 5.96 Å². The number of fused-ring (bicyclic) bond motifs is 3. The van der Waals surface area contributed by atoms with Crippen LogP contribution in [0.5, 0.6) is 0 Å². The Morgan fingerprint density at radius 3 is 2.77 bits per heavy atom. The Hall–Kier alpha value is -4.01. The summed E-state index contributed by atoms with van der Waals surface area (Å²) in [6.07, 6.45) is 3.73. The maximum absolute atomic E-state index is 13.2. The summed E-state index contributed by atoms with van der Waals surface area (Å²) in [5.41, 5.74) is 3.91. The van der Waals surface area contributed by atoms with Crippen molar-refractivity contribution < 1.29 is 19.2 Å². The number of rotatable bonds is 6. The summed E-state index contributed by atoms with van der Waals surface area (Å²) in [6, 6.07) is 11.2. The number of nitro benzene ring substituents is 1. The number of ether oxygens (including phenoxy) is 1. The van der Waals surface area contributed by atoms with E-state index in [0.29, 0.717) is 42.0 Å². The zero-order valence-corrected chi connectivity index (χ0v) is 19.7. The third-order valence-electron chi connectivity index (χ3n) is 6.73. The number of unbranched alkanes of at least 4 members (excludes halogenated alkanes) is 1. The number of hydrogen-bond acceptors (Lipinski definition) is 8. The van der Waals surface area contributed by atoms with Crippen molar-refractivity contribution >= 4 is 34.8 Å². The molecule has 0 saturated carbocycles. The average Bonchev–Trinajstić information content (AvgIpc) is 3.18. The van der Waals surface area contributed by atoms with Crippen molar-refractivity contribution in [3.63, 3.8) is 0 Å². The number of methoxy groups -OCH3 is 1. The van der Waals surface area contributed by atoms with Gasteiger partial charge in [-0.05, 0) is 43.0 Å². The lowest BCUT2D eigenvalue weighted by molar-refractivity contribution is -0.384. The predicted molar refractivity (Wildman–Crippen MR) is 132 cm³/mol. The maximum atomic E-state index is 13.2. The Morgan fingerprint density at radius 2 is 2.03 bits per heavy atom. The second kappa shape index (κ2) is 8.98. The van der Waals surface area contributed by atoms with Gasteiger partial charge < -0.3 is 9.64 Å². The maximum Gasteiger partial charge on any atom is 0.337 e. The van der Waals surface area contributed by atoms with Gasteiger partial charge >= 0.3 is 5.97 Å². The average molecular weight is 475 g/mol. The van der Waals surface area contributed by atoms with Gasteiger partial charge in [0.05, 0.1) is 40.7 Å². The molecular formula is C26H26N4O5. The van der Waals surface area contributed by atoms with Crippen molar-refractivity contribution in [1.29, 1.82) is 0 Å². The van der Waals surface area contributed by atoms with Gasteiger partial charge in [0.15, 0.2) is 5.78 Å². The van der Waals surface area contributed by atoms with Crippen LogP contribution in [-0.4, -0.2) is 36.3 Å². The van der Waals surface area contributed by atoms with E-state index in [0.717, 1.165) is 36.3 Å². The van der Waals surface area contributed by atoms with Crippen molar-refractivity contribution in [3.05, 3.63) is 75.0 Å². The van der Waals surface area contributed by atoms with Crippen molar-refractivity contribution in [1.82, 2.24) is 0 Å². The van der Waals surface area contributed by atoms with Crippen molar-refractivity contribution in [2.45, 2.75) is 45.1 Å². The van der Waals surface area contributed by atoms with Crippen LogP contribution >= 0.6 is 0 Å². The number of aliphatic imine (C=N–C) groups is 1. The van der Waals surface area contributed by atoms with Gasteiger partial charge in [0.25, 0.3) is 5.69 Å². The second-order valence-electron chi connectivity index (χ2n) is 8.87. The third kappa shape index (κ3) is 3.77. The molecule has 0 fully saturated rings. The van der Waals surface area contributed by atoms with Crippen LogP contribution in [0.4, 0.5) is 17.1 Å². The Bertz CT molecular complexity index is 1300. The number of carbonyl (C=O) groups is 2.